The van der Waals surface area contributed by atoms with E-state index in [1.807, 2.05) is 30.3 Å². The summed E-state index contributed by atoms with van der Waals surface area (Å²) in [4.78, 5) is 20.2. The van der Waals surface area contributed by atoms with Crippen molar-refractivity contribution in [2.75, 3.05) is 0 Å². The zero-order valence-electron chi connectivity index (χ0n) is 15.4. The summed E-state index contributed by atoms with van der Waals surface area (Å²) in [5.74, 6) is 0.473. The van der Waals surface area contributed by atoms with Crippen molar-refractivity contribution in [1.82, 2.24) is 9.88 Å². The van der Waals surface area contributed by atoms with Crippen LogP contribution in [0.3, 0.4) is 0 Å². The van der Waals surface area contributed by atoms with E-state index in [4.69, 9.17) is 0 Å². The average Bonchev–Trinajstić information content (AvgIpc) is 2.95. The summed E-state index contributed by atoms with van der Waals surface area (Å²) in [7, 11) is 0. The minimum Gasteiger partial charge on any atom is -0.294 e. The second kappa shape index (κ2) is 6.90. The summed E-state index contributed by atoms with van der Waals surface area (Å²) >= 11 is 0. The fourth-order valence-corrected chi connectivity index (χ4v) is 5.01. The van der Waals surface area contributed by atoms with Gasteiger partial charge in [0.15, 0.2) is 5.78 Å². The molecule has 0 saturated carbocycles. The molecule has 2 saturated heterocycles. The number of fused-ring (bicyclic) bond motifs is 3. The van der Waals surface area contributed by atoms with Crippen LogP contribution < -0.4 is 0 Å². The number of piperidine rings is 1. The third kappa shape index (κ3) is 3.17. The van der Waals surface area contributed by atoms with E-state index >= 15 is 0 Å². The standard InChI is InChI=1S/C24H24N2O/c27-24(19-8-11-23-18(13-19)7-4-12-25-23)20-14-21-9-10-22(15-20)26(21)16-17-5-2-1-3-6-17/h1-8,11-13,20-22H,9-10,14-16H2. The molecule has 2 bridgehead atoms. The van der Waals surface area contributed by atoms with Crippen LogP contribution in [-0.2, 0) is 6.54 Å². The molecule has 2 aliphatic rings. The lowest BCUT2D eigenvalue weighted by Gasteiger charge is -2.38. The predicted molar refractivity (Wildman–Crippen MR) is 108 cm³/mol. The van der Waals surface area contributed by atoms with Crippen molar-refractivity contribution in [2.24, 2.45) is 5.92 Å². The Morgan fingerprint density at radius 2 is 1.74 bits per heavy atom. The second-order valence-electron chi connectivity index (χ2n) is 7.99. The maximum atomic E-state index is 13.2. The predicted octanol–water partition coefficient (Wildman–Crippen LogP) is 4.86. The van der Waals surface area contributed by atoms with Gasteiger partial charge in [0.1, 0.15) is 0 Å². The summed E-state index contributed by atoms with van der Waals surface area (Å²) < 4.78 is 0. The molecule has 27 heavy (non-hydrogen) atoms. The largest absolute Gasteiger partial charge is 0.294 e. The van der Waals surface area contributed by atoms with Crippen LogP contribution in [0, 0.1) is 5.92 Å². The maximum absolute atomic E-state index is 13.2. The Morgan fingerprint density at radius 3 is 2.52 bits per heavy atom. The number of hydrogen-bond acceptors (Lipinski definition) is 3. The van der Waals surface area contributed by atoms with Crippen molar-refractivity contribution < 1.29 is 4.79 Å². The van der Waals surface area contributed by atoms with Crippen molar-refractivity contribution in [3.8, 4) is 0 Å². The lowest BCUT2D eigenvalue weighted by atomic mass is 9.84. The highest BCUT2D eigenvalue weighted by molar-refractivity contribution is 6.00. The number of Topliss-reactive ketones (excluding diaryl/α,β-unsaturated/α-hetero) is 1. The van der Waals surface area contributed by atoms with Crippen molar-refractivity contribution in [2.45, 2.75) is 44.3 Å². The van der Waals surface area contributed by atoms with E-state index in [2.05, 4.69) is 40.2 Å². The molecule has 2 unspecified atom stereocenters. The number of aromatic nitrogens is 1. The molecule has 0 aliphatic carbocycles. The minimum absolute atomic E-state index is 0.156. The Labute approximate surface area is 160 Å². The molecule has 0 radical (unpaired) electrons. The number of nitrogens with zero attached hydrogens (tertiary/aromatic N) is 2. The van der Waals surface area contributed by atoms with Crippen LogP contribution in [-0.4, -0.2) is 27.8 Å². The Morgan fingerprint density at radius 1 is 0.963 bits per heavy atom. The lowest BCUT2D eigenvalue weighted by Crippen LogP contribution is -2.44. The van der Waals surface area contributed by atoms with Gasteiger partial charge in [0.25, 0.3) is 0 Å². The highest BCUT2D eigenvalue weighted by Gasteiger charge is 2.42. The average molecular weight is 356 g/mol. The summed E-state index contributed by atoms with van der Waals surface area (Å²) in [6.07, 6.45) is 6.23. The van der Waals surface area contributed by atoms with Gasteiger partial charge in [0.05, 0.1) is 5.52 Å². The molecule has 2 fully saturated rings. The lowest BCUT2D eigenvalue weighted by molar-refractivity contribution is 0.0678. The maximum Gasteiger partial charge on any atom is 0.166 e. The van der Waals surface area contributed by atoms with E-state index in [-0.39, 0.29) is 5.92 Å². The molecule has 2 aromatic carbocycles. The number of rotatable bonds is 4. The fraction of sp³-hybridized carbons (Fsp3) is 0.333. The van der Waals surface area contributed by atoms with Crippen LogP contribution in [0.5, 0.6) is 0 Å². The summed E-state index contributed by atoms with van der Waals surface area (Å²) in [6, 6.07) is 21.7. The van der Waals surface area contributed by atoms with E-state index in [1.54, 1.807) is 6.20 Å². The van der Waals surface area contributed by atoms with Gasteiger partial charge in [0.2, 0.25) is 0 Å². The monoisotopic (exact) mass is 356 g/mol. The highest BCUT2D eigenvalue weighted by Crippen LogP contribution is 2.40. The molecule has 0 spiro atoms. The van der Waals surface area contributed by atoms with Crippen molar-refractivity contribution in [3.05, 3.63) is 78.0 Å². The Bertz CT molecular complexity index is 954. The van der Waals surface area contributed by atoms with Gasteiger partial charge in [-0.2, -0.15) is 0 Å². The number of ketones is 1. The molecule has 2 aliphatic heterocycles. The topological polar surface area (TPSA) is 33.2 Å². The van der Waals surface area contributed by atoms with Crippen molar-refractivity contribution >= 4 is 16.7 Å². The van der Waals surface area contributed by atoms with Gasteiger partial charge < -0.3 is 0 Å². The molecule has 3 nitrogen and oxygen atoms in total. The second-order valence-corrected chi connectivity index (χ2v) is 7.99. The van der Waals surface area contributed by atoms with Crippen LogP contribution in [0.15, 0.2) is 66.9 Å². The normalized spacial score (nSPS) is 25.0. The smallest absolute Gasteiger partial charge is 0.166 e. The zero-order valence-corrected chi connectivity index (χ0v) is 15.4. The van der Waals surface area contributed by atoms with E-state index in [0.717, 1.165) is 35.9 Å². The van der Waals surface area contributed by atoms with Gasteiger partial charge >= 0.3 is 0 Å². The van der Waals surface area contributed by atoms with E-state index in [9.17, 15) is 4.79 Å². The molecule has 0 amide bonds. The highest BCUT2D eigenvalue weighted by atomic mass is 16.1. The quantitative estimate of drug-likeness (QED) is 0.626. The third-order valence-electron chi connectivity index (χ3n) is 6.35. The molecular formula is C24H24N2O. The molecule has 1 aromatic heterocycles. The van der Waals surface area contributed by atoms with Crippen LogP contribution in [0.4, 0.5) is 0 Å². The molecule has 3 aromatic rings. The van der Waals surface area contributed by atoms with Crippen LogP contribution in [0.2, 0.25) is 0 Å². The number of carbonyl (C=O) groups is 1. The van der Waals surface area contributed by atoms with Gasteiger partial charge in [0, 0.05) is 41.7 Å². The molecular weight excluding hydrogens is 332 g/mol. The van der Waals surface area contributed by atoms with Crippen molar-refractivity contribution in [1.29, 1.82) is 0 Å². The summed E-state index contributed by atoms with van der Waals surface area (Å²) in [6.45, 7) is 1.01. The first-order valence-electron chi connectivity index (χ1n) is 9.96. The van der Waals surface area contributed by atoms with Gasteiger partial charge in [-0.25, -0.2) is 0 Å². The fourth-order valence-electron chi connectivity index (χ4n) is 5.01. The van der Waals surface area contributed by atoms with Crippen LogP contribution >= 0.6 is 0 Å². The van der Waals surface area contributed by atoms with E-state index in [1.165, 1.54) is 18.4 Å². The SMILES string of the molecule is O=C(c1ccc2ncccc2c1)C1CC2CCC(C1)N2Cc1ccccc1. The number of hydrogen-bond donors (Lipinski definition) is 0. The Kier molecular flexibility index (Phi) is 4.25. The number of carbonyl (C=O) groups excluding carboxylic acids is 1. The molecule has 3 heteroatoms. The summed E-state index contributed by atoms with van der Waals surface area (Å²) in [5.41, 5.74) is 3.17. The molecule has 0 N–H and O–H groups in total. The van der Waals surface area contributed by atoms with Gasteiger partial charge in [-0.05, 0) is 55.5 Å². The van der Waals surface area contributed by atoms with Gasteiger partial charge in [-0.1, -0.05) is 36.4 Å². The zero-order chi connectivity index (χ0) is 18.2. The molecule has 2 atom stereocenters. The molecule has 3 heterocycles. The van der Waals surface area contributed by atoms with Crippen LogP contribution in [0.1, 0.15) is 41.6 Å². The summed E-state index contributed by atoms with van der Waals surface area (Å²) in [5, 5.41) is 1.05. The van der Waals surface area contributed by atoms with Crippen LogP contribution in [0.25, 0.3) is 10.9 Å². The first-order valence-corrected chi connectivity index (χ1v) is 9.96. The number of pyridine rings is 1. The molecule has 136 valence electrons. The Balaban J connectivity index is 1.33. The van der Waals surface area contributed by atoms with E-state index in [0.29, 0.717) is 17.9 Å². The Hall–Kier alpha value is -2.52. The first kappa shape index (κ1) is 16.6. The third-order valence-corrected chi connectivity index (χ3v) is 6.35. The number of benzene rings is 2. The van der Waals surface area contributed by atoms with Gasteiger partial charge in [-0.15, -0.1) is 0 Å². The first-order chi connectivity index (χ1) is 13.3. The minimum atomic E-state index is 0.156. The van der Waals surface area contributed by atoms with Crippen molar-refractivity contribution in [3.63, 3.8) is 0 Å². The molecule has 5 rings (SSSR count). The van der Waals surface area contributed by atoms with E-state index < -0.39 is 0 Å². The van der Waals surface area contributed by atoms with Gasteiger partial charge in [-0.3, -0.25) is 14.7 Å².